The molecule has 0 radical (unpaired) electrons. The first-order chi connectivity index (χ1) is 11.1. The molecule has 5 nitrogen and oxygen atoms in total. The van der Waals surface area contributed by atoms with Crippen molar-refractivity contribution in [2.75, 3.05) is 0 Å². The molecule has 0 aliphatic heterocycles. The van der Waals surface area contributed by atoms with Gasteiger partial charge in [-0.1, -0.05) is 43.7 Å². The fourth-order valence-electron chi connectivity index (χ4n) is 2.36. The van der Waals surface area contributed by atoms with Crippen LogP contribution in [0.3, 0.4) is 0 Å². The minimum Gasteiger partial charge on any atom is -0.460 e. The molecule has 0 bridgehead atoms. The molecule has 0 saturated carbocycles. The van der Waals surface area contributed by atoms with Crippen LogP contribution in [0.5, 0.6) is 0 Å². The van der Waals surface area contributed by atoms with Crippen LogP contribution in [0.25, 0.3) is 0 Å². The largest absolute Gasteiger partial charge is 0.460 e. The van der Waals surface area contributed by atoms with Gasteiger partial charge in [0.15, 0.2) is 0 Å². The fraction of sp³-hybridized carbons (Fsp3) is 0.278. The molecule has 2 aromatic rings. The number of nitro benzene ring substituents is 1. The van der Waals surface area contributed by atoms with E-state index in [9.17, 15) is 14.9 Å². The Labute approximate surface area is 135 Å². The molecule has 0 heterocycles. The van der Waals surface area contributed by atoms with Gasteiger partial charge in [-0.25, -0.2) is 0 Å². The maximum absolute atomic E-state index is 12.4. The van der Waals surface area contributed by atoms with E-state index < -0.39 is 4.92 Å². The Bertz CT molecular complexity index is 652. The highest BCUT2D eigenvalue weighted by atomic mass is 16.6. The van der Waals surface area contributed by atoms with Gasteiger partial charge in [-0.15, -0.1) is 0 Å². The zero-order chi connectivity index (χ0) is 16.7. The van der Waals surface area contributed by atoms with Crippen molar-refractivity contribution in [3.05, 3.63) is 75.8 Å². The second kappa shape index (κ2) is 8.08. The predicted molar refractivity (Wildman–Crippen MR) is 87.0 cm³/mol. The summed E-state index contributed by atoms with van der Waals surface area (Å²) < 4.78 is 5.39. The third-order valence-electron chi connectivity index (χ3n) is 3.59. The third-order valence-corrected chi connectivity index (χ3v) is 3.59. The Balaban J connectivity index is 2.00. The molecule has 1 atom stereocenters. The Morgan fingerprint density at radius 2 is 1.78 bits per heavy atom. The topological polar surface area (TPSA) is 69.4 Å². The van der Waals surface area contributed by atoms with E-state index in [1.807, 2.05) is 37.3 Å². The normalized spacial score (nSPS) is 11.7. The molecule has 0 saturated heterocycles. The number of hydrogen-bond acceptors (Lipinski definition) is 4. The van der Waals surface area contributed by atoms with Gasteiger partial charge in [0, 0.05) is 12.1 Å². The molecule has 0 spiro atoms. The minimum atomic E-state index is -0.456. The van der Waals surface area contributed by atoms with Crippen LogP contribution < -0.4 is 0 Å². The summed E-state index contributed by atoms with van der Waals surface area (Å²) in [5.41, 5.74) is 1.70. The maximum atomic E-state index is 12.4. The Kier molecular flexibility index (Phi) is 5.86. The summed E-state index contributed by atoms with van der Waals surface area (Å²) in [5, 5.41) is 10.6. The highest BCUT2D eigenvalue weighted by Crippen LogP contribution is 2.23. The number of esters is 1. The van der Waals surface area contributed by atoms with E-state index in [0.29, 0.717) is 0 Å². The Morgan fingerprint density at radius 1 is 1.13 bits per heavy atom. The van der Waals surface area contributed by atoms with E-state index in [1.54, 1.807) is 12.1 Å². The number of rotatable bonds is 7. The minimum absolute atomic E-state index is 0.0215. The quantitative estimate of drug-likeness (QED) is 0.436. The van der Waals surface area contributed by atoms with Crippen molar-refractivity contribution in [2.45, 2.75) is 32.3 Å². The van der Waals surface area contributed by atoms with E-state index in [1.165, 1.54) is 12.1 Å². The monoisotopic (exact) mass is 313 g/mol. The van der Waals surface area contributed by atoms with Gasteiger partial charge in [0.2, 0.25) is 0 Å². The fourth-order valence-corrected chi connectivity index (χ4v) is 2.36. The van der Waals surface area contributed by atoms with Crippen LogP contribution in [0.2, 0.25) is 0 Å². The molecule has 23 heavy (non-hydrogen) atoms. The van der Waals surface area contributed by atoms with Crippen LogP contribution in [-0.4, -0.2) is 10.9 Å². The van der Waals surface area contributed by atoms with Crippen LogP contribution in [0.15, 0.2) is 54.6 Å². The second-order valence-corrected chi connectivity index (χ2v) is 5.28. The highest BCUT2D eigenvalue weighted by Gasteiger charge is 2.21. The van der Waals surface area contributed by atoms with E-state index in [-0.39, 0.29) is 24.2 Å². The zero-order valence-corrected chi connectivity index (χ0v) is 13.0. The number of ether oxygens (including phenoxy) is 1. The number of benzene rings is 2. The van der Waals surface area contributed by atoms with E-state index in [0.717, 1.165) is 24.0 Å². The first-order valence-electron chi connectivity index (χ1n) is 7.56. The van der Waals surface area contributed by atoms with Gasteiger partial charge in [0.25, 0.3) is 5.69 Å². The number of non-ortho nitro benzene ring substituents is 1. The maximum Gasteiger partial charge on any atom is 0.313 e. The summed E-state index contributed by atoms with van der Waals surface area (Å²) in [6.07, 6.45) is 1.61. The standard InChI is InChI=1S/C18H19NO4/c1-2-6-17(15-7-4-3-5-8-15)18(20)23-13-14-9-11-16(12-10-14)19(21)22/h3-5,7-12,17H,2,6,13H2,1H3. The van der Waals surface area contributed by atoms with Crippen LogP contribution >= 0.6 is 0 Å². The lowest BCUT2D eigenvalue weighted by atomic mass is 9.95. The molecule has 0 aromatic heterocycles. The lowest BCUT2D eigenvalue weighted by Gasteiger charge is -2.15. The second-order valence-electron chi connectivity index (χ2n) is 5.28. The van der Waals surface area contributed by atoms with Crippen molar-refractivity contribution >= 4 is 11.7 Å². The van der Waals surface area contributed by atoms with Crippen LogP contribution in [0.4, 0.5) is 5.69 Å². The van der Waals surface area contributed by atoms with Gasteiger partial charge in [0.1, 0.15) is 6.61 Å². The van der Waals surface area contributed by atoms with Crippen molar-refractivity contribution in [3.63, 3.8) is 0 Å². The van der Waals surface area contributed by atoms with E-state index in [2.05, 4.69) is 0 Å². The average molecular weight is 313 g/mol. The predicted octanol–water partition coefficient (Wildman–Crippen LogP) is 4.22. The van der Waals surface area contributed by atoms with E-state index >= 15 is 0 Å². The molecular weight excluding hydrogens is 294 g/mol. The Morgan fingerprint density at radius 3 is 2.35 bits per heavy atom. The highest BCUT2D eigenvalue weighted by molar-refractivity contribution is 5.78. The Hall–Kier alpha value is -2.69. The van der Waals surface area contributed by atoms with Crippen molar-refractivity contribution in [3.8, 4) is 0 Å². The molecule has 120 valence electrons. The van der Waals surface area contributed by atoms with Gasteiger partial charge in [0.05, 0.1) is 10.8 Å². The molecule has 0 N–H and O–H groups in total. The van der Waals surface area contributed by atoms with Crippen LogP contribution in [-0.2, 0) is 16.1 Å². The summed E-state index contributed by atoms with van der Waals surface area (Å²) in [6, 6.07) is 15.6. The number of nitrogens with zero attached hydrogens (tertiary/aromatic N) is 1. The molecule has 2 rings (SSSR count). The summed E-state index contributed by atoms with van der Waals surface area (Å²) >= 11 is 0. The molecule has 2 aromatic carbocycles. The van der Waals surface area contributed by atoms with Crippen molar-refractivity contribution in [1.82, 2.24) is 0 Å². The van der Waals surface area contributed by atoms with Crippen molar-refractivity contribution < 1.29 is 14.5 Å². The molecule has 0 aliphatic rings. The molecule has 5 heteroatoms. The molecule has 0 aliphatic carbocycles. The SMILES string of the molecule is CCCC(C(=O)OCc1ccc([N+](=O)[O-])cc1)c1ccccc1. The summed E-state index contributed by atoms with van der Waals surface area (Å²) in [5.74, 6) is -0.546. The molecular formula is C18H19NO4. The van der Waals surface area contributed by atoms with Gasteiger partial charge in [-0.05, 0) is 29.7 Å². The summed E-state index contributed by atoms with van der Waals surface area (Å²) in [6.45, 7) is 2.14. The number of hydrogen-bond donors (Lipinski definition) is 0. The number of nitro groups is 1. The van der Waals surface area contributed by atoms with Gasteiger partial charge < -0.3 is 4.74 Å². The van der Waals surface area contributed by atoms with E-state index in [4.69, 9.17) is 4.74 Å². The van der Waals surface area contributed by atoms with Crippen molar-refractivity contribution in [2.24, 2.45) is 0 Å². The number of carbonyl (C=O) groups is 1. The summed E-state index contributed by atoms with van der Waals surface area (Å²) in [7, 11) is 0. The summed E-state index contributed by atoms with van der Waals surface area (Å²) in [4.78, 5) is 22.5. The van der Waals surface area contributed by atoms with Gasteiger partial charge >= 0.3 is 5.97 Å². The average Bonchev–Trinajstić information content (AvgIpc) is 2.58. The molecule has 0 amide bonds. The zero-order valence-electron chi connectivity index (χ0n) is 13.0. The number of carbonyl (C=O) groups excluding carboxylic acids is 1. The van der Waals surface area contributed by atoms with Crippen LogP contribution in [0, 0.1) is 10.1 Å². The first-order valence-corrected chi connectivity index (χ1v) is 7.56. The molecule has 1 unspecified atom stereocenters. The lowest BCUT2D eigenvalue weighted by Crippen LogP contribution is -2.16. The first kappa shape index (κ1) is 16.7. The smallest absolute Gasteiger partial charge is 0.313 e. The third kappa shape index (κ3) is 4.64. The van der Waals surface area contributed by atoms with Gasteiger partial charge in [-0.3, -0.25) is 14.9 Å². The van der Waals surface area contributed by atoms with Crippen LogP contribution in [0.1, 0.15) is 36.8 Å². The lowest BCUT2D eigenvalue weighted by molar-refractivity contribution is -0.384. The van der Waals surface area contributed by atoms with Crippen molar-refractivity contribution in [1.29, 1.82) is 0 Å². The molecule has 0 fully saturated rings. The van der Waals surface area contributed by atoms with Gasteiger partial charge in [-0.2, -0.15) is 0 Å².